The van der Waals surface area contributed by atoms with Gasteiger partial charge in [-0.2, -0.15) is 0 Å². The summed E-state index contributed by atoms with van der Waals surface area (Å²) in [4.78, 5) is 5.46. The quantitative estimate of drug-likeness (QED) is 0.802. The van der Waals surface area contributed by atoms with Crippen LogP contribution in [0.3, 0.4) is 0 Å². The first-order chi connectivity index (χ1) is 8.20. The van der Waals surface area contributed by atoms with Crippen LogP contribution in [0.15, 0.2) is 12.1 Å². The fraction of sp³-hybridized carbons (Fsp3) is 0.714. The first-order valence-corrected chi connectivity index (χ1v) is 7.56. The Morgan fingerprint density at radius 2 is 2.24 bits per heavy atom. The van der Waals surface area contributed by atoms with Crippen LogP contribution >= 0.6 is 11.3 Å². The van der Waals surface area contributed by atoms with Gasteiger partial charge in [0, 0.05) is 34.9 Å². The van der Waals surface area contributed by atoms with Gasteiger partial charge in [0.25, 0.3) is 0 Å². The van der Waals surface area contributed by atoms with Crippen molar-refractivity contribution in [2.45, 2.75) is 45.7 Å². The Kier molecular flexibility index (Phi) is 4.60. The number of nitrogens with one attached hydrogen (secondary N) is 1. The molecule has 0 amide bonds. The van der Waals surface area contributed by atoms with E-state index in [1.54, 1.807) is 0 Å². The van der Waals surface area contributed by atoms with Crippen molar-refractivity contribution in [2.24, 2.45) is 0 Å². The van der Waals surface area contributed by atoms with E-state index in [1.165, 1.54) is 35.7 Å². The summed E-state index contributed by atoms with van der Waals surface area (Å²) < 4.78 is 0. The molecular weight excluding hydrogens is 228 g/mol. The van der Waals surface area contributed by atoms with E-state index < -0.39 is 0 Å². The number of rotatable bonds is 7. The van der Waals surface area contributed by atoms with Crippen LogP contribution in [0.2, 0.25) is 0 Å². The van der Waals surface area contributed by atoms with Crippen molar-refractivity contribution >= 4 is 11.3 Å². The molecule has 3 heteroatoms. The predicted octanol–water partition coefficient (Wildman–Crippen LogP) is 3.19. The van der Waals surface area contributed by atoms with Crippen LogP contribution in [0.1, 0.15) is 42.5 Å². The van der Waals surface area contributed by atoms with E-state index in [9.17, 15) is 0 Å². The molecule has 0 spiro atoms. The molecule has 1 fully saturated rings. The summed E-state index contributed by atoms with van der Waals surface area (Å²) in [6.07, 6.45) is 2.82. The second-order valence-electron chi connectivity index (χ2n) is 4.98. The van der Waals surface area contributed by atoms with Gasteiger partial charge < -0.3 is 5.32 Å². The van der Waals surface area contributed by atoms with Crippen LogP contribution in [-0.2, 0) is 0 Å². The van der Waals surface area contributed by atoms with Crippen molar-refractivity contribution in [1.29, 1.82) is 0 Å². The van der Waals surface area contributed by atoms with Gasteiger partial charge in [-0.3, -0.25) is 4.90 Å². The third kappa shape index (κ3) is 3.80. The first kappa shape index (κ1) is 13.1. The Morgan fingerprint density at radius 1 is 1.47 bits per heavy atom. The van der Waals surface area contributed by atoms with E-state index in [4.69, 9.17) is 0 Å². The third-order valence-electron chi connectivity index (χ3n) is 3.51. The zero-order valence-electron chi connectivity index (χ0n) is 11.2. The Labute approximate surface area is 109 Å². The number of aryl methyl sites for hydroxylation is 1. The van der Waals surface area contributed by atoms with Gasteiger partial charge in [-0.15, -0.1) is 11.3 Å². The molecular formula is C14H24N2S. The number of nitrogens with zero attached hydrogens (tertiary/aromatic N) is 1. The molecule has 1 atom stereocenters. The van der Waals surface area contributed by atoms with Gasteiger partial charge in [0.2, 0.25) is 0 Å². The molecule has 0 saturated heterocycles. The lowest BCUT2D eigenvalue weighted by Crippen LogP contribution is -2.34. The minimum Gasteiger partial charge on any atom is -0.308 e. The predicted molar refractivity (Wildman–Crippen MR) is 75.7 cm³/mol. The average Bonchev–Trinajstić information content (AvgIpc) is 3.06. The summed E-state index contributed by atoms with van der Waals surface area (Å²) in [6, 6.07) is 5.84. The molecule has 1 N–H and O–H groups in total. The molecule has 1 saturated carbocycles. The minimum atomic E-state index is 0.492. The largest absolute Gasteiger partial charge is 0.308 e. The van der Waals surface area contributed by atoms with E-state index in [0.717, 1.165) is 12.6 Å². The number of hydrogen-bond acceptors (Lipinski definition) is 3. The number of hydrogen-bond donors (Lipinski definition) is 1. The maximum Gasteiger partial charge on any atom is 0.0386 e. The van der Waals surface area contributed by atoms with Gasteiger partial charge in [-0.05, 0) is 45.4 Å². The van der Waals surface area contributed by atoms with Crippen LogP contribution < -0.4 is 5.32 Å². The highest BCUT2D eigenvalue weighted by atomic mass is 32.1. The first-order valence-electron chi connectivity index (χ1n) is 6.74. The fourth-order valence-electron chi connectivity index (χ4n) is 2.25. The molecule has 0 aromatic carbocycles. The van der Waals surface area contributed by atoms with Gasteiger partial charge in [0.1, 0.15) is 0 Å². The van der Waals surface area contributed by atoms with Crippen molar-refractivity contribution in [1.82, 2.24) is 10.2 Å². The van der Waals surface area contributed by atoms with Gasteiger partial charge in [0.15, 0.2) is 0 Å². The molecule has 1 aromatic heterocycles. The Hall–Kier alpha value is -0.380. The summed E-state index contributed by atoms with van der Waals surface area (Å²) in [5.74, 6) is 0. The van der Waals surface area contributed by atoms with E-state index in [0.29, 0.717) is 6.04 Å². The molecule has 1 aliphatic rings. The maximum atomic E-state index is 3.63. The standard InChI is InChI=1S/C14H24N2S/c1-4-16(13-6-7-13)10-9-15-12(3)14-8-5-11(2)17-14/h5,8,12-13,15H,4,6-7,9-10H2,1-3H3. The molecule has 1 heterocycles. The maximum absolute atomic E-state index is 3.63. The Bertz CT molecular complexity index is 344. The molecule has 17 heavy (non-hydrogen) atoms. The van der Waals surface area contributed by atoms with E-state index in [1.807, 2.05) is 11.3 Å². The van der Waals surface area contributed by atoms with Crippen molar-refractivity contribution in [3.8, 4) is 0 Å². The molecule has 96 valence electrons. The van der Waals surface area contributed by atoms with Crippen LogP contribution in [-0.4, -0.2) is 30.6 Å². The molecule has 0 bridgehead atoms. The van der Waals surface area contributed by atoms with E-state index in [-0.39, 0.29) is 0 Å². The van der Waals surface area contributed by atoms with Crippen molar-refractivity contribution in [2.75, 3.05) is 19.6 Å². The molecule has 1 aromatic rings. The smallest absolute Gasteiger partial charge is 0.0386 e. The average molecular weight is 252 g/mol. The zero-order valence-corrected chi connectivity index (χ0v) is 12.0. The third-order valence-corrected chi connectivity index (χ3v) is 4.69. The highest BCUT2D eigenvalue weighted by molar-refractivity contribution is 7.12. The van der Waals surface area contributed by atoms with Gasteiger partial charge >= 0.3 is 0 Å². The highest BCUT2D eigenvalue weighted by Gasteiger charge is 2.27. The fourth-order valence-corrected chi connectivity index (χ4v) is 3.15. The van der Waals surface area contributed by atoms with Gasteiger partial charge in [0.05, 0.1) is 0 Å². The molecule has 2 rings (SSSR count). The Morgan fingerprint density at radius 3 is 2.76 bits per heavy atom. The molecule has 0 radical (unpaired) electrons. The van der Waals surface area contributed by atoms with Crippen LogP contribution in [0.4, 0.5) is 0 Å². The van der Waals surface area contributed by atoms with Crippen molar-refractivity contribution in [3.63, 3.8) is 0 Å². The molecule has 1 unspecified atom stereocenters. The monoisotopic (exact) mass is 252 g/mol. The minimum absolute atomic E-state index is 0.492. The summed E-state index contributed by atoms with van der Waals surface area (Å²) in [6.45, 7) is 10.2. The molecule has 1 aliphatic carbocycles. The van der Waals surface area contributed by atoms with Gasteiger partial charge in [-0.1, -0.05) is 6.92 Å². The lowest BCUT2D eigenvalue weighted by Gasteiger charge is -2.21. The highest BCUT2D eigenvalue weighted by Crippen LogP contribution is 2.26. The normalized spacial score (nSPS) is 17.6. The Balaban J connectivity index is 1.70. The van der Waals surface area contributed by atoms with E-state index >= 15 is 0 Å². The zero-order chi connectivity index (χ0) is 12.3. The SMILES string of the molecule is CCN(CCNC(C)c1ccc(C)s1)C1CC1. The lowest BCUT2D eigenvalue weighted by atomic mass is 10.2. The molecule has 0 aliphatic heterocycles. The van der Waals surface area contributed by atoms with Crippen molar-refractivity contribution < 1.29 is 0 Å². The second-order valence-corrected chi connectivity index (χ2v) is 6.30. The van der Waals surface area contributed by atoms with Crippen LogP contribution in [0.5, 0.6) is 0 Å². The summed E-state index contributed by atoms with van der Waals surface area (Å²) in [5, 5.41) is 3.63. The number of thiophene rings is 1. The van der Waals surface area contributed by atoms with Crippen molar-refractivity contribution in [3.05, 3.63) is 21.9 Å². The van der Waals surface area contributed by atoms with Crippen LogP contribution in [0, 0.1) is 6.92 Å². The van der Waals surface area contributed by atoms with E-state index in [2.05, 4.69) is 43.1 Å². The van der Waals surface area contributed by atoms with Gasteiger partial charge in [-0.25, -0.2) is 0 Å². The molecule has 2 nitrogen and oxygen atoms in total. The van der Waals surface area contributed by atoms with Crippen LogP contribution in [0.25, 0.3) is 0 Å². The second kappa shape index (κ2) is 5.98. The summed E-state index contributed by atoms with van der Waals surface area (Å²) >= 11 is 1.90. The lowest BCUT2D eigenvalue weighted by molar-refractivity contribution is 0.273. The summed E-state index contributed by atoms with van der Waals surface area (Å²) in [5.41, 5.74) is 0. The number of likely N-dealkylation sites (N-methyl/N-ethyl adjacent to an activating group) is 1. The summed E-state index contributed by atoms with van der Waals surface area (Å²) in [7, 11) is 0. The topological polar surface area (TPSA) is 15.3 Å².